The number of ether oxygens (including phenoxy) is 2. The molecule has 0 bridgehead atoms. The van der Waals surface area contributed by atoms with Crippen LogP contribution >= 0.6 is 0 Å². The molecule has 1 saturated carbocycles. The van der Waals surface area contributed by atoms with Crippen LogP contribution in [0.2, 0.25) is 0 Å². The maximum atomic E-state index is 13.7. The predicted octanol–water partition coefficient (Wildman–Crippen LogP) is 5.47. The van der Waals surface area contributed by atoms with Gasteiger partial charge in [-0.3, -0.25) is 4.57 Å². The molecule has 1 aliphatic carbocycles. The average Bonchev–Trinajstić information content (AvgIpc) is 3.56. The summed E-state index contributed by atoms with van der Waals surface area (Å²) in [5.74, 6) is 0.1000. The summed E-state index contributed by atoms with van der Waals surface area (Å²) in [5, 5.41) is 3.08. The standard InChI is InChI=1S/C23H20F3N5O2/c1-32-15-9-14(10-16(11-15)33-2)31-12-27-19-20(29-22(23(24,25)26)30-21(19)31)28-18-6-4-3-5-17(18)13-7-8-13/h3-6,9-13H,7-8H2,1-2H3,(H,28,29,30). The summed E-state index contributed by atoms with van der Waals surface area (Å²) in [6.07, 6.45) is -1.22. The van der Waals surface area contributed by atoms with Gasteiger partial charge >= 0.3 is 6.18 Å². The fourth-order valence-corrected chi connectivity index (χ4v) is 3.72. The molecule has 5 rings (SSSR count). The Balaban J connectivity index is 1.68. The number of nitrogens with one attached hydrogen (secondary N) is 1. The molecule has 0 radical (unpaired) electrons. The summed E-state index contributed by atoms with van der Waals surface area (Å²) in [6.45, 7) is 0. The molecule has 0 aliphatic heterocycles. The van der Waals surface area contributed by atoms with Crippen molar-refractivity contribution >= 4 is 22.7 Å². The summed E-state index contributed by atoms with van der Waals surface area (Å²) in [7, 11) is 2.99. The number of fused-ring (bicyclic) bond motifs is 1. The van der Waals surface area contributed by atoms with E-state index in [1.165, 1.54) is 25.1 Å². The Morgan fingerprint density at radius 3 is 2.33 bits per heavy atom. The molecule has 170 valence electrons. The van der Waals surface area contributed by atoms with Gasteiger partial charge in [-0.15, -0.1) is 0 Å². The Bertz CT molecular complexity index is 1310. The van der Waals surface area contributed by atoms with Crippen LogP contribution in [0.3, 0.4) is 0 Å². The maximum Gasteiger partial charge on any atom is 0.451 e. The van der Waals surface area contributed by atoms with E-state index in [1.54, 1.807) is 18.2 Å². The summed E-state index contributed by atoms with van der Waals surface area (Å²) < 4.78 is 53.2. The van der Waals surface area contributed by atoms with Crippen LogP contribution in [0.4, 0.5) is 24.7 Å². The minimum atomic E-state index is -4.73. The number of alkyl halides is 3. The molecule has 1 aliphatic rings. The number of aromatic nitrogens is 4. The van der Waals surface area contributed by atoms with Crippen molar-refractivity contribution in [2.24, 2.45) is 0 Å². The molecule has 33 heavy (non-hydrogen) atoms. The topological polar surface area (TPSA) is 74.1 Å². The lowest BCUT2D eigenvalue weighted by Gasteiger charge is -2.14. The second-order valence-electron chi connectivity index (χ2n) is 7.74. The Kier molecular flexibility index (Phi) is 5.07. The number of benzene rings is 2. The molecule has 1 fully saturated rings. The van der Waals surface area contributed by atoms with Gasteiger partial charge in [-0.2, -0.15) is 13.2 Å². The third-order valence-electron chi connectivity index (χ3n) is 5.50. The SMILES string of the molecule is COc1cc(OC)cc(-n2cnc3c(Nc4ccccc4C4CC4)nc(C(F)(F)F)nc32)c1. The van der Waals surface area contributed by atoms with Gasteiger partial charge in [0.15, 0.2) is 17.0 Å². The van der Waals surface area contributed by atoms with E-state index in [-0.39, 0.29) is 17.0 Å². The quantitative estimate of drug-likeness (QED) is 0.416. The van der Waals surface area contributed by atoms with Gasteiger partial charge in [-0.05, 0) is 30.4 Å². The third-order valence-corrected chi connectivity index (χ3v) is 5.50. The average molecular weight is 455 g/mol. The van der Waals surface area contributed by atoms with Crippen molar-refractivity contribution in [1.29, 1.82) is 0 Å². The van der Waals surface area contributed by atoms with Crippen LogP contribution in [0.25, 0.3) is 16.9 Å². The van der Waals surface area contributed by atoms with Gasteiger partial charge in [0.1, 0.15) is 17.8 Å². The van der Waals surface area contributed by atoms with Crippen LogP contribution in [0.15, 0.2) is 48.8 Å². The first-order valence-electron chi connectivity index (χ1n) is 10.3. The monoisotopic (exact) mass is 455 g/mol. The molecule has 4 aromatic rings. The van der Waals surface area contributed by atoms with E-state index in [1.807, 2.05) is 24.3 Å². The van der Waals surface area contributed by atoms with Crippen molar-refractivity contribution < 1.29 is 22.6 Å². The molecule has 2 heterocycles. The first-order valence-corrected chi connectivity index (χ1v) is 10.3. The molecule has 2 aromatic carbocycles. The van der Waals surface area contributed by atoms with Gasteiger partial charge in [0.2, 0.25) is 5.82 Å². The minimum absolute atomic E-state index is 0.00552. The second kappa shape index (κ2) is 7.95. The zero-order valence-corrected chi connectivity index (χ0v) is 17.8. The lowest BCUT2D eigenvalue weighted by molar-refractivity contribution is -0.144. The lowest BCUT2D eigenvalue weighted by atomic mass is 10.1. The van der Waals surface area contributed by atoms with Gasteiger partial charge < -0.3 is 14.8 Å². The van der Waals surface area contributed by atoms with Crippen LogP contribution in [0.5, 0.6) is 11.5 Å². The fourth-order valence-electron chi connectivity index (χ4n) is 3.72. The molecule has 1 N–H and O–H groups in total. The molecule has 0 spiro atoms. The van der Waals surface area contributed by atoms with Crippen LogP contribution in [0.1, 0.15) is 30.1 Å². The molecule has 0 unspecified atom stereocenters. The van der Waals surface area contributed by atoms with Gasteiger partial charge in [0.25, 0.3) is 0 Å². The number of rotatable bonds is 6. The maximum absolute atomic E-state index is 13.7. The number of anilines is 2. The highest BCUT2D eigenvalue weighted by molar-refractivity contribution is 5.87. The molecule has 2 aromatic heterocycles. The largest absolute Gasteiger partial charge is 0.497 e. The Hall–Kier alpha value is -3.82. The molecule has 7 nitrogen and oxygen atoms in total. The number of imidazole rings is 1. The van der Waals surface area contributed by atoms with Crippen molar-refractivity contribution in [2.45, 2.75) is 24.9 Å². The van der Waals surface area contributed by atoms with Gasteiger partial charge in [-0.25, -0.2) is 15.0 Å². The van der Waals surface area contributed by atoms with Gasteiger partial charge in [-0.1, -0.05) is 18.2 Å². The summed E-state index contributed by atoms with van der Waals surface area (Å²) in [6, 6.07) is 12.5. The smallest absolute Gasteiger partial charge is 0.451 e. The highest BCUT2D eigenvalue weighted by Gasteiger charge is 2.36. The van der Waals surface area contributed by atoms with E-state index in [0.717, 1.165) is 18.4 Å². The molecular weight excluding hydrogens is 435 g/mol. The van der Waals surface area contributed by atoms with E-state index < -0.39 is 12.0 Å². The number of nitrogens with zero attached hydrogens (tertiary/aromatic N) is 4. The molecule has 0 saturated heterocycles. The van der Waals surface area contributed by atoms with Crippen LogP contribution in [-0.4, -0.2) is 33.7 Å². The normalized spacial score (nSPS) is 13.8. The zero-order chi connectivity index (χ0) is 23.2. The first kappa shape index (κ1) is 21.0. The Morgan fingerprint density at radius 1 is 1.00 bits per heavy atom. The van der Waals surface area contributed by atoms with E-state index in [9.17, 15) is 13.2 Å². The predicted molar refractivity (Wildman–Crippen MR) is 116 cm³/mol. The van der Waals surface area contributed by atoms with E-state index in [2.05, 4.69) is 20.3 Å². The number of hydrogen-bond donors (Lipinski definition) is 1. The van der Waals surface area contributed by atoms with E-state index in [0.29, 0.717) is 28.8 Å². The second-order valence-corrected chi connectivity index (χ2v) is 7.74. The van der Waals surface area contributed by atoms with Crippen LogP contribution in [-0.2, 0) is 6.18 Å². The van der Waals surface area contributed by atoms with Gasteiger partial charge in [0, 0.05) is 23.9 Å². The van der Waals surface area contributed by atoms with E-state index >= 15 is 0 Å². The highest BCUT2D eigenvalue weighted by atomic mass is 19.4. The number of hydrogen-bond acceptors (Lipinski definition) is 6. The van der Waals surface area contributed by atoms with Crippen LogP contribution < -0.4 is 14.8 Å². The first-order chi connectivity index (χ1) is 15.9. The number of halogens is 3. The van der Waals surface area contributed by atoms with Crippen LogP contribution in [0, 0.1) is 0 Å². The molecule has 0 amide bonds. The number of methoxy groups -OCH3 is 2. The van der Waals surface area contributed by atoms with Gasteiger partial charge in [0.05, 0.1) is 19.9 Å². The summed E-state index contributed by atoms with van der Waals surface area (Å²) >= 11 is 0. The Morgan fingerprint density at radius 2 is 1.70 bits per heavy atom. The molecular formula is C23H20F3N5O2. The zero-order valence-electron chi connectivity index (χ0n) is 17.8. The fraction of sp³-hybridized carbons (Fsp3) is 0.261. The van der Waals surface area contributed by atoms with Crippen molar-refractivity contribution in [3.63, 3.8) is 0 Å². The third kappa shape index (κ3) is 4.04. The molecule has 0 atom stereocenters. The Labute approximate surface area is 187 Å². The van der Waals surface area contributed by atoms with Crippen molar-refractivity contribution in [3.8, 4) is 17.2 Å². The lowest BCUT2D eigenvalue weighted by Crippen LogP contribution is -2.13. The highest BCUT2D eigenvalue weighted by Crippen LogP contribution is 2.44. The summed E-state index contributed by atoms with van der Waals surface area (Å²) in [5.41, 5.74) is 2.49. The molecule has 10 heteroatoms. The van der Waals surface area contributed by atoms with E-state index in [4.69, 9.17) is 9.47 Å². The minimum Gasteiger partial charge on any atom is -0.497 e. The summed E-state index contributed by atoms with van der Waals surface area (Å²) in [4.78, 5) is 11.9. The van der Waals surface area contributed by atoms with Crippen molar-refractivity contribution in [1.82, 2.24) is 19.5 Å². The number of para-hydroxylation sites is 1. The van der Waals surface area contributed by atoms with Crippen molar-refractivity contribution in [3.05, 3.63) is 60.2 Å². The van der Waals surface area contributed by atoms with Crippen molar-refractivity contribution in [2.75, 3.05) is 19.5 Å².